The molecule has 4 heteroatoms. The highest BCUT2D eigenvalue weighted by molar-refractivity contribution is 5.94. The molecule has 0 saturated carbocycles. The van der Waals surface area contributed by atoms with Gasteiger partial charge in [-0.25, -0.2) is 0 Å². The van der Waals surface area contributed by atoms with Gasteiger partial charge in [-0.3, -0.25) is 4.79 Å². The van der Waals surface area contributed by atoms with Crippen LogP contribution in [0.2, 0.25) is 0 Å². The Labute approximate surface area is 88.8 Å². The minimum Gasteiger partial charge on any atom is -0.472 e. The van der Waals surface area contributed by atoms with E-state index in [1.807, 2.05) is 18.7 Å². The van der Waals surface area contributed by atoms with Crippen molar-refractivity contribution in [2.75, 3.05) is 13.2 Å². The second-order valence-electron chi connectivity index (χ2n) is 3.96. The molecule has 2 rings (SSSR count). The molecule has 82 valence electrons. The number of rotatable bonds is 1. The molecule has 0 N–H and O–H groups in total. The van der Waals surface area contributed by atoms with E-state index in [4.69, 9.17) is 9.15 Å². The summed E-state index contributed by atoms with van der Waals surface area (Å²) < 4.78 is 10.4. The zero-order chi connectivity index (χ0) is 10.8. The summed E-state index contributed by atoms with van der Waals surface area (Å²) in [6.45, 7) is 5.21. The number of nitrogens with zero attached hydrogens (tertiary/aromatic N) is 1. The smallest absolute Gasteiger partial charge is 0.257 e. The summed E-state index contributed by atoms with van der Waals surface area (Å²) in [6.07, 6.45) is 3.11. The summed E-state index contributed by atoms with van der Waals surface area (Å²) in [7, 11) is 0. The molecular weight excluding hydrogens is 194 g/mol. The van der Waals surface area contributed by atoms with Gasteiger partial charge < -0.3 is 14.1 Å². The molecule has 1 amide bonds. The molecule has 15 heavy (non-hydrogen) atoms. The van der Waals surface area contributed by atoms with Gasteiger partial charge in [-0.15, -0.1) is 0 Å². The molecule has 4 nitrogen and oxygen atoms in total. The first-order chi connectivity index (χ1) is 7.18. The Bertz CT molecular complexity index is 334. The molecule has 1 aromatic heterocycles. The number of carbonyl (C=O) groups is 1. The second-order valence-corrected chi connectivity index (χ2v) is 3.96. The summed E-state index contributed by atoms with van der Waals surface area (Å²) in [6, 6.07) is 1.82. The van der Waals surface area contributed by atoms with Gasteiger partial charge >= 0.3 is 0 Å². The molecule has 0 bridgehead atoms. The first-order valence-corrected chi connectivity index (χ1v) is 5.13. The van der Waals surface area contributed by atoms with E-state index < -0.39 is 0 Å². The zero-order valence-corrected chi connectivity index (χ0v) is 8.97. The van der Waals surface area contributed by atoms with Crippen molar-refractivity contribution in [3.63, 3.8) is 0 Å². The SMILES string of the molecule is CC1CN(C(=O)c2ccoc2)C(C)CO1. The molecule has 1 aromatic rings. The van der Waals surface area contributed by atoms with Crippen LogP contribution in [-0.4, -0.2) is 36.1 Å². The Morgan fingerprint density at radius 3 is 3.00 bits per heavy atom. The third-order valence-electron chi connectivity index (χ3n) is 2.64. The fourth-order valence-electron chi connectivity index (χ4n) is 1.74. The maximum absolute atomic E-state index is 12.0. The first kappa shape index (κ1) is 10.2. The van der Waals surface area contributed by atoms with Crippen molar-refractivity contribution in [3.05, 3.63) is 24.2 Å². The number of ether oxygens (including phenoxy) is 1. The topological polar surface area (TPSA) is 42.7 Å². The molecule has 0 spiro atoms. The van der Waals surface area contributed by atoms with Gasteiger partial charge in [0, 0.05) is 6.54 Å². The van der Waals surface area contributed by atoms with Crippen molar-refractivity contribution in [1.82, 2.24) is 4.90 Å². The third kappa shape index (κ3) is 2.04. The number of morpholine rings is 1. The molecule has 2 heterocycles. The van der Waals surface area contributed by atoms with Crippen LogP contribution < -0.4 is 0 Å². The maximum atomic E-state index is 12.0. The lowest BCUT2D eigenvalue weighted by molar-refractivity contribution is -0.0387. The van der Waals surface area contributed by atoms with Crippen LogP contribution in [0.1, 0.15) is 24.2 Å². The van der Waals surface area contributed by atoms with Crippen molar-refractivity contribution < 1.29 is 13.9 Å². The number of carbonyl (C=O) groups excluding carboxylic acids is 1. The third-order valence-corrected chi connectivity index (χ3v) is 2.64. The summed E-state index contributed by atoms with van der Waals surface area (Å²) in [4.78, 5) is 13.9. The van der Waals surface area contributed by atoms with Gasteiger partial charge in [0.05, 0.1) is 30.6 Å². The molecular formula is C11H15NO3. The number of furan rings is 1. The minimum absolute atomic E-state index is 0.0198. The van der Waals surface area contributed by atoms with Gasteiger partial charge in [-0.05, 0) is 19.9 Å². The largest absolute Gasteiger partial charge is 0.472 e. The van der Waals surface area contributed by atoms with Gasteiger partial charge in [0.1, 0.15) is 6.26 Å². The molecule has 1 aliphatic rings. The van der Waals surface area contributed by atoms with Gasteiger partial charge in [0.15, 0.2) is 0 Å². The van der Waals surface area contributed by atoms with Crippen LogP contribution in [0.4, 0.5) is 0 Å². The van der Waals surface area contributed by atoms with E-state index in [0.717, 1.165) is 0 Å². The van der Waals surface area contributed by atoms with Crippen LogP contribution in [0.3, 0.4) is 0 Å². The van der Waals surface area contributed by atoms with Crippen molar-refractivity contribution in [3.8, 4) is 0 Å². The molecule has 1 fully saturated rings. The molecule has 1 aliphatic heterocycles. The van der Waals surface area contributed by atoms with E-state index in [-0.39, 0.29) is 18.1 Å². The standard InChI is InChI=1S/C11H15NO3/c1-8-6-15-9(2)5-12(8)11(13)10-3-4-14-7-10/h3-4,7-9H,5-6H2,1-2H3. The molecule has 2 atom stereocenters. The predicted molar refractivity (Wildman–Crippen MR) is 54.6 cm³/mol. The Morgan fingerprint density at radius 2 is 2.33 bits per heavy atom. The van der Waals surface area contributed by atoms with Crippen molar-refractivity contribution in [2.45, 2.75) is 26.0 Å². The monoisotopic (exact) mass is 209 g/mol. The van der Waals surface area contributed by atoms with Crippen LogP contribution in [0.5, 0.6) is 0 Å². The van der Waals surface area contributed by atoms with E-state index >= 15 is 0 Å². The van der Waals surface area contributed by atoms with E-state index in [9.17, 15) is 4.79 Å². The summed E-state index contributed by atoms with van der Waals surface area (Å²) in [5, 5.41) is 0. The van der Waals surface area contributed by atoms with E-state index in [0.29, 0.717) is 18.7 Å². The number of amides is 1. The molecule has 0 aliphatic carbocycles. The van der Waals surface area contributed by atoms with Gasteiger partial charge in [0.2, 0.25) is 0 Å². The van der Waals surface area contributed by atoms with Crippen LogP contribution in [0.15, 0.2) is 23.0 Å². The Morgan fingerprint density at radius 1 is 1.53 bits per heavy atom. The molecule has 1 saturated heterocycles. The molecule has 2 unspecified atom stereocenters. The van der Waals surface area contributed by atoms with E-state index in [2.05, 4.69) is 0 Å². The molecule has 0 aromatic carbocycles. The van der Waals surface area contributed by atoms with Gasteiger partial charge in [-0.1, -0.05) is 0 Å². The lowest BCUT2D eigenvalue weighted by atomic mass is 10.1. The molecule has 0 radical (unpaired) electrons. The fraction of sp³-hybridized carbons (Fsp3) is 0.545. The summed E-state index contributed by atoms with van der Waals surface area (Å²) >= 11 is 0. The van der Waals surface area contributed by atoms with Gasteiger partial charge in [0.25, 0.3) is 5.91 Å². The van der Waals surface area contributed by atoms with Crippen LogP contribution in [0.25, 0.3) is 0 Å². The lowest BCUT2D eigenvalue weighted by Gasteiger charge is -2.36. The zero-order valence-electron chi connectivity index (χ0n) is 8.97. The first-order valence-electron chi connectivity index (χ1n) is 5.13. The number of hydrogen-bond acceptors (Lipinski definition) is 3. The van der Waals surface area contributed by atoms with Crippen molar-refractivity contribution >= 4 is 5.91 Å². The van der Waals surface area contributed by atoms with Crippen molar-refractivity contribution in [1.29, 1.82) is 0 Å². The average molecular weight is 209 g/mol. The minimum atomic E-state index is 0.0198. The number of hydrogen-bond donors (Lipinski definition) is 0. The Balaban J connectivity index is 2.12. The maximum Gasteiger partial charge on any atom is 0.257 e. The average Bonchev–Trinajstić information content (AvgIpc) is 2.74. The Hall–Kier alpha value is -1.29. The lowest BCUT2D eigenvalue weighted by Crippen LogP contribution is -2.50. The highest BCUT2D eigenvalue weighted by Crippen LogP contribution is 2.15. The highest BCUT2D eigenvalue weighted by atomic mass is 16.5. The Kier molecular flexibility index (Phi) is 2.77. The normalized spacial score (nSPS) is 26.7. The van der Waals surface area contributed by atoms with Crippen LogP contribution in [-0.2, 0) is 4.74 Å². The summed E-state index contributed by atoms with van der Waals surface area (Å²) in [5.74, 6) is 0.0198. The predicted octanol–water partition coefficient (Wildman–Crippen LogP) is 1.53. The van der Waals surface area contributed by atoms with Crippen LogP contribution in [0, 0.1) is 0 Å². The van der Waals surface area contributed by atoms with Crippen LogP contribution >= 0.6 is 0 Å². The van der Waals surface area contributed by atoms with Gasteiger partial charge in [-0.2, -0.15) is 0 Å². The van der Waals surface area contributed by atoms with E-state index in [1.54, 1.807) is 6.07 Å². The quantitative estimate of drug-likeness (QED) is 0.704. The van der Waals surface area contributed by atoms with Crippen molar-refractivity contribution in [2.24, 2.45) is 0 Å². The summed E-state index contributed by atoms with van der Waals surface area (Å²) in [5.41, 5.74) is 0.607. The highest BCUT2D eigenvalue weighted by Gasteiger charge is 2.28. The second kappa shape index (κ2) is 4.06. The van der Waals surface area contributed by atoms with E-state index in [1.165, 1.54) is 12.5 Å². The fourth-order valence-corrected chi connectivity index (χ4v) is 1.74.